The number of fused-ring (bicyclic) bond motifs is 2. The number of rotatable bonds is 3. The fourth-order valence-electron chi connectivity index (χ4n) is 2.65. The van der Waals surface area contributed by atoms with Crippen LogP contribution in [-0.2, 0) is 0 Å². The Morgan fingerprint density at radius 3 is 2.29 bits per heavy atom. The van der Waals surface area contributed by atoms with Gasteiger partial charge in [0.2, 0.25) is 0 Å². The number of benzene rings is 4. The van der Waals surface area contributed by atoms with Crippen LogP contribution in [0.5, 0.6) is 0 Å². The molecule has 0 aliphatic heterocycles. The summed E-state index contributed by atoms with van der Waals surface area (Å²) in [5, 5.41) is 5.26. The predicted octanol–water partition coefficient (Wildman–Crippen LogP) is 8.00. The average molecular weight is 570 g/mol. The minimum absolute atomic E-state index is 1.28. The van der Waals surface area contributed by atoms with E-state index in [2.05, 4.69) is 118 Å². The maximum Gasteiger partial charge on any atom is 0.0265 e. The minimum Gasteiger partial charge on any atom is -0.0605 e. The molecule has 0 saturated heterocycles. The number of hydrogen-bond acceptors (Lipinski definition) is 2. The summed E-state index contributed by atoms with van der Waals surface area (Å²) in [5.74, 6) is 0. The first-order valence-electron chi connectivity index (χ1n) is 7.42. The number of hydrogen-bond donors (Lipinski definition) is 0. The van der Waals surface area contributed by atoms with Crippen LogP contribution in [0.15, 0.2) is 82.6 Å². The summed E-state index contributed by atoms with van der Waals surface area (Å²) >= 11 is 4.77. The van der Waals surface area contributed by atoms with Crippen LogP contribution in [0.3, 0.4) is 0 Å². The summed E-state index contributed by atoms with van der Waals surface area (Å²) in [7, 11) is 3.66. The molecule has 118 valence electrons. The molecule has 0 spiro atoms. The van der Waals surface area contributed by atoms with E-state index in [9.17, 15) is 0 Å². The van der Waals surface area contributed by atoms with Crippen LogP contribution in [0.4, 0.5) is 0 Å². The van der Waals surface area contributed by atoms with Crippen LogP contribution in [-0.4, -0.2) is 0 Å². The summed E-state index contributed by atoms with van der Waals surface area (Å²) in [5.41, 5.74) is 0. The first-order valence-corrected chi connectivity index (χ1v) is 11.7. The van der Waals surface area contributed by atoms with Gasteiger partial charge in [-0.3, -0.25) is 0 Å². The molecule has 4 heteroatoms. The molecule has 0 fully saturated rings. The van der Waals surface area contributed by atoms with Crippen LogP contribution >= 0.6 is 66.8 Å². The molecular weight excluding hydrogens is 558 g/mol. The van der Waals surface area contributed by atoms with Crippen molar-refractivity contribution in [3.05, 3.63) is 79.9 Å². The monoisotopic (exact) mass is 570 g/mol. The first kappa shape index (κ1) is 17.0. The van der Waals surface area contributed by atoms with Gasteiger partial charge in [0, 0.05) is 16.9 Å². The highest BCUT2D eigenvalue weighted by Crippen LogP contribution is 2.41. The Morgan fingerprint density at radius 2 is 1.38 bits per heavy atom. The molecule has 0 heterocycles. The molecule has 0 bridgehead atoms. The van der Waals surface area contributed by atoms with Crippen LogP contribution in [0.1, 0.15) is 0 Å². The lowest BCUT2D eigenvalue weighted by atomic mass is 10.1. The first-order chi connectivity index (χ1) is 11.7. The molecule has 4 aromatic rings. The van der Waals surface area contributed by atoms with Crippen LogP contribution in [0.25, 0.3) is 21.5 Å². The van der Waals surface area contributed by atoms with Crippen LogP contribution in [0.2, 0.25) is 0 Å². The van der Waals surface area contributed by atoms with Crippen molar-refractivity contribution >= 4 is 88.3 Å². The molecule has 0 aliphatic carbocycles. The summed E-state index contributed by atoms with van der Waals surface area (Å²) in [4.78, 5) is 2.61. The van der Waals surface area contributed by atoms with Gasteiger partial charge >= 0.3 is 0 Å². The summed E-state index contributed by atoms with van der Waals surface area (Å²) in [6.07, 6.45) is 0. The minimum atomic E-state index is 1.28. The van der Waals surface area contributed by atoms with Gasteiger partial charge in [0.1, 0.15) is 0 Å². The molecule has 4 rings (SSSR count). The molecule has 0 saturated carbocycles. The van der Waals surface area contributed by atoms with Gasteiger partial charge in [-0.15, -0.1) is 0 Å². The second-order valence-corrected chi connectivity index (χ2v) is 10.1. The Bertz CT molecular complexity index is 1040. The molecule has 0 aliphatic rings. The maximum atomic E-state index is 2.41. The van der Waals surface area contributed by atoms with Gasteiger partial charge in [-0.2, -0.15) is 0 Å². The van der Waals surface area contributed by atoms with Crippen LogP contribution < -0.4 is 0 Å². The maximum absolute atomic E-state index is 2.41. The van der Waals surface area contributed by atoms with Gasteiger partial charge in [-0.25, -0.2) is 0 Å². The zero-order valence-corrected chi connectivity index (χ0v) is 18.4. The third kappa shape index (κ3) is 3.57. The van der Waals surface area contributed by atoms with Gasteiger partial charge in [0.15, 0.2) is 0 Å². The van der Waals surface area contributed by atoms with Crippen LogP contribution in [0, 0.1) is 7.14 Å². The molecule has 0 radical (unpaired) electrons. The Labute approximate surface area is 176 Å². The van der Waals surface area contributed by atoms with E-state index in [1.165, 1.54) is 38.5 Å². The Morgan fingerprint density at radius 1 is 0.625 bits per heavy atom. The zero-order chi connectivity index (χ0) is 16.5. The quantitative estimate of drug-likeness (QED) is 0.181. The van der Waals surface area contributed by atoms with Crippen molar-refractivity contribution in [3.8, 4) is 0 Å². The van der Waals surface area contributed by atoms with E-state index in [-0.39, 0.29) is 0 Å². The molecule has 4 aromatic carbocycles. The lowest BCUT2D eigenvalue weighted by Crippen LogP contribution is -1.80. The second kappa shape index (κ2) is 7.43. The highest BCUT2D eigenvalue weighted by molar-refractivity contribution is 14.1. The third-order valence-corrected chi connectivity index (χ3v) is 7.87. The van der Waals surface area contributed by atoms with E-state index >= 15 is 0 Å². The zero-order valence-electron chi connectivity index (χ0n) is 12.5. The van der Waals surface area contributed by atoms with Gasteiger partial charge in [-0.05, 0) is 103 Å². The van der Waals surface area contributed by atoms with E-state index < -0.39 is 0 Å². The van der Waals surface area contributed by atoms with Crippen molar-refractivity contribution in [1.29, 1.82) is 0 Å². The second-order valence-electron chi connectivity index (χ2n) is 5.41. The fourth-order valence-corrected chi connectivity index (χ4v) is 6.04. The Hall–Kier alpha value is -0.440. The van der Waals surface area contributed by atoms with Gasteiger partial charge in [-0.1, -0.05) is 58.0 Å². The smallest absolute Gasteiger partial charge is 0.0265 e. The molecule has 0 aromatic heterocycles. The molecule has 0 atom stereocenters. The standard InChI is InChI=1S/C20H12I2S2/c21-15-9-7-14-12-16(10-8-13(14)11-15)23-24-20-6-2-3-17-18(20)4-1-5-19(17)22/h1-12H. The Kier molecular flexibility index (Phi) is 5.26. The molecule has 24 heavy (non-hydrogen) atoms. The molecular formula is C20H12I2S2. The van der Waals surface area contributed by atoms with E-state index in [4.69, 9.17) is 0 Å². The van der Waals surface area contributed by atoms with E-state index in [1.54, 1.807) is 0 Å². The van der Waals surface area contributed by atoms with E-state index in [0.717, 1.165) is 0 Å². The lowest BCUT2D eigenvalue weighted by Gasteiger charge is -2.08. The fraction of sp³-hybridized carbons (Fsp3) is 0. The molecule has 0 unspecified atom stereocenters. The topological polar surface area (TPSA) is 0 Å². The highest BCUT2D eigenvalue weighted by atomic mass is 127. The Balaban J connectivity index is 1.63. The van der Waals surface area contributed by atoms with E-state index in [0.29, 0.717) is 0 Å². The van der Waals surface area contributed by atoms with Gasteiger partial charge in [0.25, 0.3) is 0 Å². The van der Waals surface area contributed by atoms with Gasteiger partial charge in [0.05, 0.1) is 0 Å². The SMILES string of the molecule is Ic1ccc2cc(SSc3cccc4c(I)cccc34)ccc2c1. The molecule has 0 amide bonds. The largest absolute Gasteiger partial charge is 0.0605 e. The molecule has 0 N–H and O–H groups in total. The van der Waals surface area contributed by atoms with Crippen molar-refractivity contribution in [2.75, 3.05) is 0 Å². The lowest BCUT2D eigenvalue weighted by molar-refractivity contribution is 1.51. The summed E-state index contributed by atoms with van der Waals surface area (Å²) in [6.45, 7) is 0. The summed E-state index contributed by atoms with van der Waals surface area (Å²) < 4.78 is 2.58. The van der Waals surface area contributed by atoms with Crippen molar-refractivity contribution in [2.24, 2.45) is 0 Å². The van der Waals surface area contributed by atoms with Crippen molar-refractivity contribution in [2.45, 2.75) is 9.79 Å². The van der Waals surface area contributed by atoms with E-state index in [1.807, 2.05) is 21.6 Å². The average Bonchev–Trinajstić information content (AvgIpc) is 2.60. The van der Waals surface area contributed by atoms with Crippen molar-refractivity contribution in [3.63, 3.8) is 0 Å². The normalized spacial score (nSPS) is 11.2. The van der Waals surface area contributed by atoms with Gasteiger partial charge < -0.3 is 0 Å². The predicted molar refractivity (Wildman–Crippen MR) is 125 cm³/mol. The van der Waals surface area contributed by atoms with Crippen molar-refractivity contribution < 1.29 is 0 Å². The highest BCUT2D eigenvalue weighted by Gasteiger charge is 2.06. The number of halogens is 2. The van der Waals surface area contributed by atoms with Crippen molar-refractivity contribution in [1.82, 2.24) is 0 Å². The summed E-state index contributed by atoms with van der Waals surface area (Å²) in [6, 6.07) is 26.4. The molecule has 0 nitrogen and oxygen atoms in total. The third-order valence-electron chi connectivity index (χ3n) is 3.83.